The number of alkyl halides is 1. The van der Waals surface area contributed by atoms with Gasteiger partial charge in [-0.15, -0.1) is 0 Å². The average molecular weight is 186 g/mol. The Morgan fingerprint density at radius 1 is 1.15 bits per heavy atom. The molecule has 1 nitrogen and oxygen atoms in total. The molecule has 2 aliphatic rings. The summed E-state index contributed by atoms with van der Waals surface area (Å²) in [6, 6.07) is 0. The normalized spacial score (nSPS) is 36.7. The van der Waals surface area contributed by atoms with Gasteiger partial charge in [-0.2, -0.15) is 0 Å². The molecule has 2 unspecified atom stereocenters. The van der Waals surface area contributed by atoms with Crippen molar-refractivity contribution in [3.8, 4) is 0 Å². The predicted octanol–water partition coefficient (Wildman–Crippen LogP) is 3.08. The minimum Gasteiger partial charge on any atom is -0.378 e. The lowest BCUT2D eigenvalue weighted by Gasteiger charge is -2.27. The molecule has 0 aromatic heterocycles. The third-order valence-corrected chi connectivity index (χ3v) is 3.37. The maximum Gasteiger partial charge on any atom is 0.105 e. The zero-order valence-corrected chi connectivity index (χ0v) is 8.18. The van der Waals surface area contributed by atoms with Crippen LogP contribution in [0.4, 0.5) is 4.39 Å². The van der Waals surface area contributed by atoms with E-state index in [2.05, 4.69) is 0 Å². The van der Waals surface area contributed by atoms with E-state index >= 15 is 0 Å². The topological polar surface area (TPSA) is 9.23 Å². The van der Waals surface area contributed by atoms with Crippen LogP contribution in [0.5, 0.6) is 0 Å². The lowest BCUT2D eigenvalue weighted by molar-refractivity contribution is -0.0290. The predicted molar refractivity (Wildman–Crippen MR) is 50.4 cm³/mol. The van der Waals surface area contributed by atoms with E-state index in [0.717, 1.165) is 12.3 Å². The highest BCUT2D eigenvalue weighted by molar-refractivity contribution is 4.76. The smallest absolute Gasteiger partial charge is 0.105 e. The van der Waals surface area contributed by atoms with E-state index in [1.807, 2.05) is 0 Å². The van der Waals surface area contributed by atoms with Gasteiger partial charge in [-0.25, -0.2) is 4.39 Å². The van der Waals surface area contributed by atoms with Gasteiger partial charge in [-0.3, -0.25) is 0 Å². The van der Waals surface area contributed by atoms with Gasteiger partial charge in [-0.05, 0) is 12.3 Å². The molecule has 0 N–H and O–H groups in total. The van der Waals surface area contributed by atoms with Crippen LogP contribution >= 0.6 is 0 Å². The van der Waals surface area contributed by atoms with Crippen molar-refractivity contribution >= 4 is 0 Å². The Bertz CT molecular complexity index is 154. The summed E-state index contributed by atoms with van der Waals surface area (Å²) >= 11 is 0. The molecule has 0 spiro atoms. The number of hydrogen-bond acceptors (Lipinski definition) is 1. The molecule has 2 atom stereocenters. The first-order valence-corrected chi connectivity index (χ1v) is 5.60. The van der Waals surface area contributed by atoms with Gasteiger partial charge in [0.15, 0.2) is 0 Å². The van der Waals surface area contributed by atoms with Crippen LogP contribution in [0.2, 0.25) is 0 Å². The summed E-state index contributed by atoms with van der Waals surface area (Å²) < 4.78 is 18.6. The Labute approximate surface area is 79.7 Å². The van der Waals surface area contributed by atoms with Crippen LogP contribution in [-0.4, -0.2) is 18.9 Å². The van der Waals surface area contributed by atoms with Gasteiger partial charge < -0.3 is 4.74 Å². The first-order chi connectivity index (χ1) is 6.34. The van der Waals surface area contributed by atoms with Crippen molar-refractivity contribution in [3.05, 3.63) is 0 Å². The van der Waals surface area contributed by atoms with E-state index in [1.54, 1.807) is 0 Å². The summed E-state index contributed by atoms with van der Waals surface area (Å²) in [5.41, 5.74) is 0. The quantitative estimate of drug-likeness (QED) is 0.644. The molecule has 0 bridgehead atoms. The summed E-state index contributed by atoms with van der Waals surface area (Å²) in [5, 5.41) is 0. The summed E-state index contributed by atoms with van der Waals surface area (Å²) in [4.78, 5) is 0. The lowest BCUT2D eigenvalue weighted by atomic mass is 9.95. The minimum atomic E-state index is -0.597. The van der Waals surface area contributed by atoms with Gasteiger partial charge in [0.1, 0.15) is 6.17 Å². The molecule has 1 saturated carbocycles. The number of ether oxygens (including phenoxy) is 1. The second-order valence-electron chi connectivity index (χ2n) is 4.50. The fourth-order valence-corrected chi connectivity index (χ4v) is 2.62. The highest BCUT2D eigenvalue weighted by Crippen LogP contribution is 2.31. The van der Waals surface area contributed by atoms with Gasteiger partial charge in [0.25, 0.3) is 0 Å². The standard InChI is InChI=1S/C11H19FO/c12-10-5-6-13-11(8-10)7-9-3-1-2-4-9/h9-11H,1-8H2. The van der Waals surface area contributed by atoms with Gasteiger partial charge >= 0.3 is 0 Å². The first-order valence-electron chi connectivity index (χ1n) is 5.60. The summed E-state index contributed by atoms with van der Waals surface area (Å²) in [7, 11) is 0. The minimum absolute atomic E-state index is 0.229. The average Bonchev–Trinajstić information content (AvgIpc) is 2.57. The molecule has 2 fully saturated rings. The number of halogens is 1. The second kappa shape index (κ2) is 4.41. The van der Waals surface area contributed by atoms with E-state index in [4.69, 9.17) is 4.74 Å². The summed E-state index contributed by atoms with van der Waals surface area (Å²) in [6.45, 7) is 0.637. The third kappa shape index (κ3) is 2.67. The van der Waals surface area contributed by atoms with Crippen molar-refractivity contribution in [1.29, 1.82) is 0 Å². The largest absolute Gasteiger partial charge is 0.378 e. The van der Waals surface area contributed by atoms with Gasteiger partial charge in [0.05, 0.1) is 6.10 Å². The van der Waals surface area contributed by atoms with Crippen LogP contribution in [0.25, 0.3) is 0 Å². The maximum atomic E-state index is 13.0. The summed E-state index contributed by atoms with van der Waals surface area (Å²) in [5.74, 6) is 0.829. The van der Waals surface area contributed by atoms with E-state index in [9.17, 15) is 4.39 Å². The van der Waals surface area contributed by atoms with Crippen LogP contribution < -0.4 is 0 Å². The van der Waals surface area contributed by atoms with Crippen molar-refractivity contribution in [2.24, 2.45) is 5.92 Å². The zero-order chi connectivity index (χ0) is 9.10. The molecule has 0 amide bonds. The highest BCUT2D eigenvalue weighted by Gasteiger charge is 2.26. The molecule has 1 aliphatic heterocycles. The molecule has 0 aromatic rings. The van der Waals surface area contributed by atoms with Gasteiger partial charge in [-0.1, -0.05) is 25.7 Å². The Morgan fingerprint density at radius 3 is 2.62 bits per heavy atom. The van der Waals surface area contributed by atoms with Gasteiger partial charge in [0, 0.05) is 19.4 Å². The molecule has 2 rings (SSSR count). The van der Waals surface area contributed by atoms with Crippen molar-refractivity contribution in [2.45, 2.75) is 57.2 Å². The van der Waals surface area contributed by atoms with E-state index < -0.39 is 6.17 Å². The molecule has 0 radical (unpaired) electrons. The molecular weight excluding hydrogens is 167 g/mol. The lowest BCUT2D eigenvalue weighted by Crippen LogP contribution is -2.28. The Balaban J connectivity index is 1.73. The summed E-state index contributed by atoms with van der Waals surface area (Å²) in [6.07, 6.45) is 7.44. The molecule has 13 heavy (non-hydrogen) atoms. The van der Waals surface area contributed by atoms with Gasteiger partial charge in [0.2, 0.25) is 0 Å². The van der Waals surface area contributed by atoms with Crippen molar-refractivity contribution in [1.82, 2.24) is 0 Å². The molecule has 76 valence electrons. The van der Waals surface area contributed by atoms with Crippen molar-refractivity contribution in [3.63, 3.8) is 0 Å². The zero-order valence-electron chi connectivity index (χ0n) is 8.18. The Hall–Kier alpha value is -0.110. The van der Waals surface area contributed by atoms with Crippen molar-refractivity contribution < 1.29 is 9.13 Å². The molecule has 2 heteroatoms. The molecular formula is C11H19FO. The van der Waals surface area contributed by atoms with E-state index in [0.29, 0.717) is 19.4 Å². The fraction of sp³-hybridized carbons (Fsp3) is 1.00. The highest BCUT2D eigenvalue weighted by atomic mass is 19.1. The molecule has 1 heterocycles. The number of hydrogen-bond donors (Lipinski definition) is 0. The fourth-order valence-electron chi connectivity index (χ4n) is 2.62. The van der Waals surface area contributed by atoms with E-state index in [1.165, 1.54) is 25.7 Å². The van der Waals surface area contributed by atoms with Crippen LogP contribution in [0.1, 0.15) is 44.9 Å². The van der Waals surface area contributed by atoms with Crippen molar-refractivity contribution in [2.75, 3.05) is 6.61 Å². The van der Waals surface area contributed by atoms with Crippen LogP contribution in [0, 0.1) is 5.92 Å². The number of rotatable bonds is 2. The molecule has 1 saturated heterocycles. The van der Waals surface area contributed by atoms with Crippen LogP contribution in [0.3, 0.4) is 0 Å². The SMILES string of the molecule is FC1CCOC(CC2CCCC2)C1. The monoisotopic (exact) mass is 186 g/mol. The second-order valence-corrected chi connectivity index (χ2v) is 4.50. The van der Waals surface area contributed by atoms with Crippen LogP contribution in [0.15, 0.2) is 0 Å². The third-order valence-electron chi connectivity index (χ3n) is 3.37. The Kier molecular flexibility index (Phi) is 3.20. The van der Waals surface area contributed by atoms with Crippen LogP contribution in [-0.2, 0) is 4.74 Å². The van der Waals surface area contributed by atoms with E-state index in [-0.39, 0.29) is 6.10 Å². The Morgan fingerprint density at radius 2 is 1.92 bits per heavy atom. The molecule has 1 aliphatic carbocycles. The maximum absolute atomic E-state index is 13.0. The first kappa shape index (κ1) is 9.45. The molecule has 0 aromatic carbocycles.